The molecular formula is C104H68B4N20Pt4S8. The van der Waals surface area contributed by atoms with Crippen molar-refractivity contribution < 1.29 is 84.3 Å². The van der Waals surface area contributed by atoms with Gasteiger partial charge in [-0.25, -0.2) is 0 Å². The summed E-state index contributed by atoms with van der Waals surface area (Å²) in [6.07, 6.45) is 24.4. The molecule has 0 atom stereocenters. The second-order valence-electron chi connectivity index (χ2n) is 35.6. The molecule has 0 bridgehead atoms. The average molecular weight is 2680 g/mol. The van der Waals surface area contributed by atoms with Crippen molar-refractivity contribution in [2.45, 2.75) is 78.8 Å². The third kappa shape index (κ3) is 14.2. The summed E-state index contributed by atoms with van der Waals surface area (Å²) in [5.74, 6) is 0. The summed E-state index contributed by atoms with van der Waals surface area (Å²) in [6, 6.07) is 84.2. The Morgan fingerprint density at radius 1 is 0.221 bits per heavy atom. The van der Waals surface area contributed by atoms with Crippen LogP contribution in [0.4, 0.5) is 91.0 Å². The molecule has 16 aliphatic rings. The van der Waals surface area contributed by atoms with Crippen LogP contribution >= 0.6 is 94.1 Å². The molecule has 140 heavy (non-hydrogen) atoms. The summed E-state index contributed by atoms with van der Waals surface area (Å²) in [5.41, 5.74) is 30.8. The standard InChI is InChI=1S/C60H38B2N10S4.C44H30B2N10S4.4Pt/c1-65-31-69(47-17-9-5-13-43(47)65)35-21-23-51-39(25-35)61-41-27-37(71-33-67(3)45-15-7-11-19-49(45)71)29-63-59(41)75-57-53(61)55(73-51)56-54-58(57)76-60-42(28-38(30-64-60)72-34-68(4)46-16-8-12-20-50(46)72)62(54)40-26-36(22-24-52(40)74-56)70-32-66(2)44-14-6-10-18-48(44)70;1-49-9-13-53(23-49)27-5-7-35-31(17-27)45-33-19-29(55-15-11-51(3)25-55)21-47-43(33)59-41-37(45)39(57-35)40-38-42(41)60-44-34(20-30(22-48-44)56-16-12-52(4)26-56)46(38)32-18-28(6-8-36(32)58-40)54-14-10-50(2)24-54;;;;/h5-24,29-34H,1-4H3;5-16,21-26H,1-4H3;;;;/q2*-8;4*+4. The van der Waals surface area contributed by atoms with Crippen LogP contribution in [0.15, 0.2) is 299 Å². The zero-order valence-corrected chi connectivity index (χ0v) is 90.8. The van der Waals surface area contributed by atoms with Crippen LogP contribution in [0.25, 0.3) is 0 Å². The number of pyridine rings is 4. The van der Waals surface area contributed by atoms with Gasteiger partial charge in [0.25, 0.3) is 0 Å². The second-order valence-corrected chi connectivity index (χ2v) is 43.8. The van der Waals surface area contributed by atoms with E-state index in [2.05, 4.69) is 381 Å². The van der Waals surface area contributed by atoms with Gasteiger partial charge in [-0.15, -0.1) is 114 Å². The van der Waals surface area contributed by atoms with E-state index in [0.717, 1.165) is 155 Å². The fourth-order valence-corrected chi connectivity index (χ4v) is 31.4. The first-order valence-corrected chi connectivity index (χ1v) is 51.0. The fourth-order valence-electron chi connectivity index (χ4n) is 21.0. The van der Waals surface area contributed by atoms with Crippen molar-refractivity contribution in [1.29, 1.82) is 0 Å². The van der Waals surface area contributed by atoms with Crippen LogP contribution in [0.5, 0.6) is 0 Å². The van der Waals surface area contributed by atoms with Crippen molar-refractivity contribution in [2.75, 3.05) is 115 Å². The maximum absolute atomic E-state index is 5.43. The molecule has 0 saturated carbocycles. The van der Waals surface area contributed by atoms with Crippen LogP contribution in [-0.2, 0) is 84.3 Å². The van der Waals surface area contributed by atoms with E-state index in [1.165, 1.54) is 80.6 Å². The van der Waals surface area contributed by atoms with E-state index in [0.29, 0.717) is 0 Å². The number of nitrogens with zero attached hydrogens (tertiary/aromatic N) is 20. The molecule has 14 aromatic rings. The molecule has 0 amide bonds. The third-order valence-electron chi connectivity index (χ3n) is 27.2. The summed E-state index contributed by atoms with van der Waals surface area (Å²) in [6.45, 7) is 16.2. The van der Waals surface area contributed by atoms with Gasteiger partial charge in [-0.05, 0) is 196 Å². The van der Waals surface area contributed by atoms with Gasteiger partial charge in [-0.2, -0.15) is 217 Å². The fraction of sp³-hybridized carbons (Fsp3) is 0.0769. The van der Waals surface area contributed by atoms with Gasteiger partial charge < -0.3 is 98.3 Å². The van der Waals surface area contributed by atoms with Gasteiger partial charge in [0.2, 0.25) is 0 Å². The average Bonchev–Trinajstić information content (AvgIpc) is 1.14. The maximum Gasteiger partial charge on any atom is 4.00 e. The Morgan fingerprint density at radius 2 is 0.436 bits per heavy atom. The van der Waals surface area contributed by atoms with E-state index in [1.54, 1.807) is 47.0 Å². The molecule has 0 spiro atoms. The molecular weight excluding hydrogens is 2610 g/mol. The monoisotopic (exact) mass is 2680 g/mol. The second kappa shape index (κ2) is 35.1. The van der Waals surface area contributed by atoms with E-state index in [4.69, 9.17) is 19.9 Å². The summed E-state index contributed by atoms with van der Waals surface area (Å²) >= 11 is 14.6. The van der Waals surface area contributed by atoms with E-state index in [9.17, 15) is 0 Å². The number of para-hydroxylation sites is 8. The first-order valence-electron chi connectivity index (χ1n) is 44.4. The van der Waals surface area contributed by atoms with Crippen molar-refractivity contribution >= 4 is 277 Å². The Hall–Kier alpha value is -9.63. The third-order valence-corrected chi connectivity index (χ3v) is 37.1. The summed E-state index contributed by atoms with van der Waals surface area (Å²) in [7, 11) is 16.6. The number of hydrogen-bond donors (Lipinski definition) is 0. The van der Waals surface area contributed by atoms with E-state index < -0.39 is 0 Å². The molecule has 0 saturated heterocycles. The van der Waals surface area contributed by atoms with E-state index >= 15 is 0 Å². The largest absolute Gasteiger partial charge is 4.00 e. The van der Waals surface area contributed by atoms with E-state index in [-0.39, 0.29) is 111 Å². The molecule has 0 N–H and O–H groups in total. The molecule has 0 radical (unpaired) electrons. The Morgan fingerprint density at radius 3 is 0.700 bits per heavy atom. The van der Waals surface area contributed by atoms with E-state index in [1.807, 2.05) is 122 Å². The van der Waals surface area contributed by atoms with Crippen LogP contribution < -0.4 is 124 Å². The van der Waals surface area contributed by atoms with Crippen LogP contribution in [0, 0.1) is 102 Å². The molecule has 0 unspecified atom stereocenters. The molecule has 36 heteroatoms. The van der Waals surface area contributed by atoms with Gasteiger partial charge >= 0.3 is 84.3 Å². The zero-order valence-electron chi connectivity index (χ0n) is 75.2. The van der Waals surface area contributed by atoms with Gasteiger partial charge in [0.1, 0.15) is 0 Å². The Bertz CT molecular complexity index is 6920. The first kappa shape index (κ1) is 91.6. The van der Waals surface area contributed by atoms with Gasteiger partial charge in [0, 0.05) is 84.7 Å². The molecule has 684 valence electrons. The van der Waals surface area contributed by atoms with Crippen molar-refractivity contribution in [3.8, 4) is 0 Å². The normalized spacial score (nSPS) is 16.9. The van der Waals surface area contributed by atoms with Crippen LogP contribution in [-0.4, -0.2) is 123 Å². The van der Waals surface area contributed by atoms with Gasteiger partial charge in [-0.3, -0.25) is 0 Å². The smallest absolute Gasteiger partial charge is 0.510 e. The number of hydrogen-bond acceptors (Lipinski definition) is 28. The maximum atomic E-state index is 5.43. The number of rotatable bonds is 8. The van der Waals surface area contributed by atoms with Crippen molar-refractivity contribution in [2.24, 2.45) is 0 Å². The molecule has 20 heterocycles. The topological polar surface area (TPSA) is 103 Å². The molecule has 0 aliphatic carbocycles. The van der Waals surface area contributed by atoms with Crippen LogP contribution in [0.1, 0.15) is 0 Å². The Labute approximate surface area is 907 Å². The van der Waals surface area contributed by atoms with Crippen molar-refractivity contribution in [3.63, 3.8) is 0 Å². The SMILES string of the molecule is CN1C=CN(c2[c-]c3c(cc2)Sc2c4c5c(c6c2B3c2[c-]c(N3C=CN(C)[CH-]3)cnc2S6)Sc2ncc(N3C=CN(C)[CH-]3)[c-]c2B5c2[c-]c(N3C=CN(C)[CH-]3)ccc2S4)[CH-]1.CN1[CH-]N(c2[c-]c3c(cc2)Sc2c4c5c(c6c2B3c2[c-]c(N3[CH-]N(C)c7ccccc73)cnc2S6)Sc2ncc(N3[CH-]N(C)c6ccccc63)[c-]c2B5c2[c-]c(N3[CH-]N(C)c5ccccc53)ccc2S4)c2ccccc21.[Pt+4].[Pt+4].[Pt+4].[Pt+4]. The van der Waals surface area contributed by atoms with Crippen molar-refractivity contribution in [1.82, 2.24) is 39.5 Å². The van der Waals surface area contributed by atoms with Gasteiger partial charge in [0.05, 0.1) is 0 Å². The first-order chi connectivity index (χ1) is 66.6. The quantitative estimate of drug-likeness (QED) is 0.106. The molecule has 16 aliphatic heterocycles. The molecule has 4 aromatic heterocycles. The molecule has 0 fully saturated rings. The zero-order chi connectivity index (χ0) is 90.2. The van der Waals surface area contributed by atoms with Crippen LogP contribution in [0.2, 0.25) is 0 Å². The Balaban J connectivity index is 0.000000147. The molecule has 30 rings (SSSR count). The number of anilines is 16. The molecule has 20 nitrogen and oxygen atoms in total. The van der Waals surface area contributed by atoms with Crippen molar-refractivity contribution in [3.05, 3.63) is 322 Å². The molecule has 10 aromatic carbocycles. The minimum absolute atomic E-state index is 0. The predicted molar refractivity (Wildman–Crippen MR) is 558 cm³/mol. The minimum atomic E-state index is -0.207. The minimum Gasteiger partial charge on any atom is -0.510 e. The summed E-state index contributed by atoms with van der Waals surface area (Å²) in [4.78, 5) is 70.6. The number of fused-ring (bicyclic) bond motifs is 24. The number of benzene rings is 10. The van der Waals surface area contributed by atoms with Crippen LogP contribution in [0.3, 0.4) is 0 Å². The number of aromatic nitrogens is 4. The summed E-state index contributed by atoms with van der Waals surface area (Å²) < 4.78 is 0. The van der Waals surface area contributed by atoms with Gasteiger partial charge in [0.15, 0.2) is 26.9 Å². The Kier molecular flexibility index (Phi) is 23.0. The predicted octanol–water partition coefficient (Wildman–Crippen LogP) is 13.3. The van der Waals surface area contributed by atoms with Gasteiger partial charge in [-0.1, -0.05) is 96.1 Å². The summed E-state index contributed by atoms with van der Waals surface area (Å²) in [5, 5.41) is 3.84.